The van der Waals surface area contributed by atoms with Crippen LogP contribution in [-0.2, 0) is 14.3 Å². The summed E-state index contributed by atoms with van der Waals surface area (Å²) in [6, 6.07) is 0.816. The summed E-state index contributed by atoms with van der Waals surface area (Å²) in [6.07, 6.45) is 4.97. The fourth-order valence-corrected chi connectivity index (χ4v) is 5.13. The predicted molar refractivity (Wildman–Crippen MR) is 92.6 cm³/mol. The number of halogens is 3. The molecule has 0 unspecified atom stereocenters. The van der Waals surface area contributed by atoms with E-state index in [1.807, 2.05) is 0 Å². The number of amides is 1. The van der Waals surface area contributed by atoms with Gasteiger partial charge in [0.25, 0.3) is 5.91 Å². The highest BCUT2D eigenvalue weighted by molar-refractivity contribution is 7.22. The fourth-order valence-electron chi connectivity index (χ4n) is 4.23. The van der Waals surface area contributed by atoms with E-state index in [1.165, 1.54) is 19.3 Å². The molecular weight excluding hydrogens is 381 g/mol. The quantitative estimate of drug-likeness (QED) is 0.610. The Kier molecular flexibility index (Phi) is 4.79. The number of thiazole rings is 1. The molecule has 2 aliphatic rings. The van der Waals surface area contributed by atoms with E-state index in [1.54, 1.807) is 0 Å². The number of hydrogen-bond donors (Lipinski definition) is 1. The third-order valence-electron chi connectivity index (χ3n) is 5.45. The van der Waals surface area contributed by atoms with Crippen LogP contribution in [0.5, 0.6) is 0 Å². The number of hydrogen-bond acceptors (Lipinski definition) is 5. The number of benzene rings is 1. The first kappa shape index (κ1) is 18.2. The van der Waals surface area contributed by atoms with Gasteiger partial charge in [0.1, 0.15) is 5.52 Å². The predicted octanol–water partition coefficient (Wildman–Crippen LogP) is 4.02. The summed E-state index contributed by atoms with van der Waals surface area (Å²) in [7, 11) is 0. The van der Waals surface area contributed by atoms with E-state index in [9.17, 15) is 22.8 Å². The number of nitrogens with zero attached hydrogens (tertiary/aromatic N) is 1. The van der Waals surface area contributed by atoms with Gasteiger partial charge in [-0.1, -0.05) is 17.8 Å². The molecule has 1 aromatic carbocycles. The highest BCUT2D eigenvalue weighted by Gasteiger charge is 2.40. The lowest BCUT2D eigenvalue weighted by molar-refractivity contribution is -0.148. The summed E-state index contributed by atoms with van der Waals surface area (Å²) < 4.78 is 45.2. The van der Waals surface area contributed by atoms with Crippen molar-refractivity contribution in [2.24, 2.45) is 17.8 Å². The minimum atomic E-state index is -1.61. The second-order valence-corrected chi connectivity index (χ2v) is 8.23. The third-order valence-corrected chi connectivity index (χ3v) is 6.36. The maximum Gasteiger partial charge on any atom is 0.306 e. The van der Waals surface area contributed by atoms with Crippen molar-refractivity contribution in [2.75, 3.05) is 11.9 Å². The number of carbonyl (C=O) groups is 2. The monoisotopic (exact) mass is 398 g/mol. The summed E-state index contributed by atoms with van der Waals surface area (Å²) in [5.74, 6) is -3.73. The molecule has 2 fully saturated rings. The number of carbonyl (C=O) groups excluding carboxylic acids is 2. The van der Waals surface area contributed by atoms with Gasteiger partial charge < -0.3 is 4.74 Å². The zero-order valence-corrected chi connectivity index (χ0v) is 15.1. The molecule has 0 radical (unpaired) electrons. The Balaban J connectivity index is 1.31. The number of esters is 1. The van der Waals surface area contributed by atoms with Gasteiger partial charge in [0, 0.05) is 6.42 Å². The van der Waals surface area contributed by atoms with Gasteiger partial charge in [-0.15, -0.1) is 0 Å². The summed E-state index contributed by atoms with van der Waals surface area (Å²) in [4.78, 5) is 27.6. The Morgan fingerprint density at radius 2 is 2.04 bits per heavy atom. The van der Waals surface area contributed by atoms with Crippen LogP contribution in [0.3, 0.4) is 0 Å². The van der Waals surface area contributed by atoms with Crippen molar-refractivity contribution >= 4 is 38.6 Å². The molecule has 9 heteroatoms. The Morgan fingerprint density at radius 3 is 2.74 bits per heavy atom. The number of fused-ring (bicyclic) bond motifs is 3. The highest BCUT2D eigenvalue weighted by atomic mass is 32.1. The molecule has 1 amide bonds. The maximum absolute atomic E-state index is 13.7. The summed E-state index contributed by atoms with van der Waals surface area (Å²) in [5.41, 5.74) is -0.359. The van der Waals surface area contributed by atoms with Crippen molar-refractivity contribution < 1.29 is 27.5 Å². The SMILES string of the molecule is O=C(COC(=O)C[C@@H]1C[C@@H]2CC[C@@H]1C2)Nc1nc2c(F)c(F)c(F)cc2s1. The van der Waals surface area contributed by atoms with Gasteiger partial charge in [0.05, 0.1) is 4.70 Å². The summed E-state index contributed by atoms with van der Waals surface area (Å²) >= 11 is 0.801. The van der Waals surface area contributed by atoms with Crippen molar-refractivity contribution in [3.63, 3.8) is 0 Å². The lowest BCUT2D eigenvalue weighted by Gasteiger charge is -2.20. The first-order chi connectivity index (χ1) is 12.9. The average Bonchev–Trinajstić information content (AvgIpc) is 3.33. The molecule has 2 aliphatic carbocycles. The second-order valence-electron chi connectivity index (χ2n) is 7.20. The molecule has 1 aromatic heterocycles. The molecular formula is C18H17F3N2O3S. The molecule has 2 saturated carbocycles. The summed E-state index contributed by atoms with van der Waals surface area (Å²) in [6.45, 7) is -0.485. The van der Waals surface area contributed by atoms with Crippen LogP contribution in [0, 0.1) is 35.2 Å². The summed E-state index contributed by atoms with van der Waals surface area (Å²) in [5, 5.41) is 2.33. The molecule has 0 aliphatic heterocycles. The van der Waals surface area contributed by atoms with E-state index in [0.29, 0.717) is 18.3 Å². The lowest BCUT2D eigenvalue weighted by Crippen LogP contribution is -2.23. The molecule has 2 aromatic rings. The van der Waals surface area contributed by atoms with Crippen LogP contribution in [0.2, 0.25) is 0 Å². The standard InChI is InChI=1S/C18H17F3N2O3S/c19-11-6-12-17(16(21)15(11)20)23-18(27-12)22-13(24)7-26-14(25)5-10-4-8-1-2-9(10)3-8/h6,8-10H,1-5,7H2,(H,22,23,24)/t8-,9-,10+/m1/s1. The number of anilines is 1. The smallest absolute Gasteiger partial charge is 0.306 e. The van der Waals surface area contributed by atoms with Crippen molar-refractivity contribution in [3.05, 3.63) is 23.5 Å². The van der Waals surface area contributed by atoms with Gasteiger partial charge in [0.15, 0.2) is 29.2 Å². The normalized spacial score (nSPS) is 23.7. The van der Waals surface area contributed by atoms with Gasteiger partial charge in [0.2, 0.25) is 0 Å². The Bertz CT molecular complexity index is 917. The van der Waals surface area contributed by atoms with Gasteiger partial charge in [-0.25, -0.2) is 18.2 Å². The van der Waals surface area contributed by atoms with E-state index in [-0.39, 0.29) is 15.3 Å². The molecule has 144 valence electrons. The fraction of sp³-hybridized carbons (Fsp3) is 0.500. The molecule has 3 atom stereocenters. The van der Waals surface area contributed by atoms with Crippen LogP contribution in [0.4, 0.5) is 18.3 Å². The molecule has 1 heterocycles. The van der Waals surface area contributed by atoms with Gasteiger partial charge in [-0.3, -0.25) is 14.9 Å². The average molecular weight is 398 g/mol. The number of ether oxygens (including phenoxy) is 1. The number of aromatic nitrogens is 1. The number of rotatable bonds is 5. The lowest BCUT2D eigenvalue weighted by atomic mass is 9.86. The van der Waals surface area contributed by atoms with Crippen LogP contribution in [0.1, 0.15) is 32.1 Å². The van der Waals surface area contributed by atoms with Gasteiger partial charge >= 0.3 is 5.97 Å². The highest BCUT2D eigenvalue weighted by Crippen LogP contribution is 2.49. The molecule has 2 bridgehead atoms. The zero-order valence-electron chi connectivity index (χ0n) is 14.3. The molecule has 4 rings (SSSR count). The van der Waals surface area contributed by atoms with Gasteiger partial charge in [-0.2, -0.15) is 0 Å². The largest absolute Gasteiger partial charge is 0.456 e. The Morgan fingerprint density at radius 1 is 1.22 bits per heavy atom. The minimum absolute atomic E-state index is 0.0250. The molecule has 0 spiro atoms. The van der Waals surface area contributed by atoms with Crippen molar-refractivity contribution in [3.8, 4) is 0 Å². The molecule has 27 heavy (non-hydrogen) atoms. The van der Waals surface area contributed by atoms with Crippen LogP contribution in [-0.4, -0.2) is 23.5 Å². The first-order valence-electron chi connectivity index (χ1n) is 8.80. The van der Waals surface area contributed by atoms with E-state index >= 15 is 0 Å². The molecule has 5 nitrogen and oxygen atoms in total. The van der Waals surface area contributed by atoms with Crippen molar-refractivity contribution in [1.29, 1.82) is 0 Å². The Hall–Kier alpha value is -2.16. The zero-order chi connectivity index (χ0) is 19.1. The van der Waals surface area contributed by atoms with Crippen molar-refractivity contribution in [2.45, 2.75) is 32.1 Å². The second kappa shape index (κ2) is 7.10. The van der Waals surface area contributed by atoms with E-state index in [0.717, 1.165) is 29.7 Å². The topological polar surface area (TPSA) is 68.3 Å². The van der Waals surface area contributed by atoms with Gasteiger partial charge in [-0.05, 0) is 43.1 Å². The molecule has 1 N–H and O–H groups in total. The van der Waals surface area contributed by atoms with E-state index in [2.05, 4.69) is 10.3 Å². The molecule has 0 saturated heterocycles. The first-order valence-corrected chi connectivity index (χ1v) is 9.62. The van der Waals surface area contributed by atoms with Crippen LogP contribution >= 0.6 is 11.3 Å². The van der Waals surface area contributed by atoms with Crippen molar-refractivity contribution in [1.82, 2.24) is 4.98 Å². The third kappa shape index (κ3) is 3.65. The van der Waals surface area contributed by atoms with Crippen LogP contribution < -0.4 is 5.32 Å². The number of nitrogens with one attached hydrogen (secondary N) is 1. The minimum Gasteiger partial charge on any atom is -0.456 e. The van der Waals surface area contributed by atoms with Crippen LogP contribution in [0.15, 0.2) is 6.07 Å². The Labute approximate surface area is 156 Å². The van der Waals surface area contributed by atoms with E-state index < -0.39 is 35.9 Å². The maximum atomic E-state index is 13.7. The van der Waals surface area contributed by atoms with E-state index in [4.69, 9.17) is 4.74 Å². The van der Waals surface area contributed by atoms with Crippen LogP contribution in [0.25, 0.3) is 10.2 Å².